The molecule has 1 amide bonds. The monoisotopic (exact) mass is 243 g/mol. The van der Waals surface area contributed by atoms with Crippen LogP contribution in [0.25, 0.3) is 0 Å². The van der Waals surface area contributed by atoms with Crippen molar-refractivity contribution in [1.29, 1.82) is 0 Å². The zero-order valence-corrected chi connectivity index (χ0v) is 8.86. The van der Waals surface area contributed by atoms with Gasteiger partial charge in [-0.2, -0.15) is 0 Å². The molecule has 1 aromatic rings. The maximum Gasteiger partial charge on any atom is 0.336 e. The predicted octanol–water partition coefficient (Wildman–Crippen LogP) is 0.294. The summed E-state index contributed by atoms with van der Waals surface area (Å²) in [5, 5.41) is 10.9. The van der Waals surface area contributed by atoms with Gasteiger partial charge in [-0.05, 0) is 12.1 Å². The standard InChI is InChI=1S/C9H9NO5S/c11-8(10-5-16(14)15)6-3-1-2-4-7(6)9(12)13/h1-4H,5H2,(H,10,11)(H,12,13)(H,14,15). The summed E-state index contributed by atoms with van der Waals surface area (Å²) in [5.41, 5.74) is -0.191. The van der Waals surface area contributed by atoms with Crippen molar-refractivity contribution in [1.82, 2.24) is 5.32 Å². The Hall–Kier alpha value is -1.73. The zero-order valence-electron chi connectivity index (χ0n) is 8.04. The Morgan fingerprint density at radius 2 is 1.81 bits per heavy atom. The van der Waals surface area contributed by atoms with Crippen LogP contribution in [0.3, 0.4) is 0 Å². The smallest absolute Gasteiger partial charge is 0.336 e. The summed E-state index contributed by atoms with van der Waals surface area (Å²) in [6.45, 7) is 0. The fourth-order valence-corrected chi connectivity index (χ4v) is 1.34. The summed E-state index contributed by atoms with van der Waals surface area (Å²) in [5.74, 6) is -2.36. The van der Waals surface area contributed by atoms with Crippen molar-refractivity contribution in [2.24, 2.45) is 0 Å². The molecule has 16 heavy (non-hydrogen) atoms. The second-order valence-corrected chi connectivity index (χ2v) is 3.75. The number of amides is 1. The first-order valence-corrected chi connectivity index (χ1v) is 5.48. The summed E-state index contributed by atoms with van der Waals surface area (Å²) in [6, 6.07) is 5.62. The summed E-state index contributed by atoms with van der Waals surface area (Å²) in [6.07, 6.45) is 0. The predicted molar refractivity (Wildman–Crippen MR) is 56.5 cm³/mol. The van der Waals surface area contributed by atoms with Gasteiger partial charge in [-0.25, -0.2) is 9.00 Å². The molecule has 3 N–H and O–H groups in total. The van der Waals surface area contributed by atoms with Crippen LogP contribution in [-0.2, 0) is 11.1 Å². The van der Waals surface area contributed by atoms with E-state index in [1.54, 1.807) is 0 Å². The van der Waals surface area contributed by atoms with Gasteiger partial charge in [0.05, 0.1) is 11.1 Å². The van der Waals surface area contributed by atoms with Crippen molar-refractivity contribution >= 4 is 23.0 Å². The van der Waals surface area contributed by atoms with Crippen LogP contribution in [0.15, 0.2) is 24.3 Å². The van der Waals surface area contributed by atoms with E-state index in [0.717, 1.165) is 0 Å². The van der Waals surface area contributed by atoms with Crippen LogP contribution < -0.4 is 5.32 Å². The average molecular weight is 243 g/mol. The fourth-order valence-electron chi connectivity index (χ4n) is 1.09. The highest BCUT2D eigenvalue weighted by Gasteiger charge is 2.15. The number of carbonyl (C=O) groups excluding carboxylic acids is 1. The van der Waals surface area contributed by atoms with Crippen molar-refractivity contribution in [3.8, 4) is 0 Å². The van der Waals surface area contributed by atoms with E-state index in [2.05, 4.69) is 5.32 Å². The van der Waals surface area contributed by atoms with Gasteiger partial charge in [-0.3, -0.25) is 4.79 Å². The minimum Gasteiger partial charge on any atom is -0.478 e. The zero-order chi connectivity index (χ0) is 12.1. The molecule has 86 valence electrons. The third kappa shape index (κ3) is 3.14. The van der Waals surface area contributed by atoms with Gasteiger partial charge >= 0.3 is 5.97 Å². The highest BCUT2D eigenvalue weighted by Crippen LogP contribution is 2.08. The third-order valence-corrected chi connectivity index (χ3v) is 2.15. The van der Waals surface area contributed by atoms with Crippen molar-refractivity contribution in [2.45, 2.75) is 0 Å². The summed E-state index contributed by atoms with van der Waals surface area (Å²) in [4.78, 5) is 22.2. The minimum absolute atomic E-state index is 0.0412. The first-order chi connectivity index (χ1) is 7.52. The molecule has 1 atom stereocenters. The largest absolute Gasteiger partial charge is 0.478 e. The topological polar surface area (TPSA) is 104 Å². The molecule has 0 aliphatic rings. The van der Waals surface area contributed by atoms with Crippen molar-refractivity contribution in [3.63, 3.8) is 0 Å². The maximum absolute atomic E-state index is 11.5. The van der Waals surface area contributed by atoms with Gasteiger partial charge in [0, 0.05) is 0 Å². The molecule has 6 nitrogen and oxygen atoms in total. The molecule has 0 aliphatic carbocycles. The second kappa shape index (κ2) is 5.38. The lowest BCUT2D eigenvalue weighted by molar-refractivity contribution is 0.0691. The van der Waals surface area contributed by atoms with Gasteiger partial charge in [0.25, 0.3) is 5.91 Å². The van der Waals surface area contributed by atoms with Crippen LogP contribution in [-0.4, -0.2) is 31.6 Å². The van der Waals surface area contributed by atoms with Crippen LogP contribution in [0.1, 0.15) is 20.7 Å². The first-order valence-electron chi connectivity index (χ1n) is 4.20. The number of carboxylic acids is 1. The lowest BCUT2D eigenvalue weighted by Crippen LogP contribution is -2.28. The fraction of sp³-hybridized carbons (Fsp3) is 0.111. The molecule has 0 bridgehead atoms. The van der Waals surface area contributed by atoms with Crippen molar-refractivity contribution in [2.75, 3.05) is 5.88 Å². The summed E-state index contributed by atoms with van der Waals surface area (Å²) >= 11 is -2.16. The number of carboxylic acid groups (broad SMARTS) is 1. The van der Waals surface area contributed by atoms with E-state index in [4.69, 9.17) is 9.66 Å². The highest BCUT2D eigenvalue weighted by atomic mass is 32.2. The summed E-state index contributed by atoms with van der Waals surface area (Å²) < 4.78 is 18.8. The Morgan fingerprint density at radius 3 is 2.31 bits per heavy atom. The van der Waals surface area contributed by atoms with Gasteiger partial charge in [0.1, 0.15) is 5.88 Å². The van der Waals surface area contributed by atoms with Gasteiger partial charge in [-0.15, -0.1) is 0 Å². The number of hydrogen-bond donors (Lipinski definition) is 3. The molecule has 7 heteroatoms. The molecule has 1 unspecified atom stereocenters. The SMILES string of the molecule is O=C(O)c1ccccc1C(=O)NCS(=O)O. The van der Waals surface area contributed by atoms with E-state index in [9.17, 15) is 13.8 Å². The molecule has 0 heterocycles. The molecular formula is C9H9NO5S. The lowest BCUT2D eigenvalue weighted by Gasteiger charge is -2.05. The number of hydrogen-bond acceptors (Lipinski definition) is 3. The van der Waals surface area contributed by atoms with Crippen LogP contribution in [0.4, 0.5) is 0 Å². The minimum atomic E-state index is -2.16. The quantitative estimate of drug-likeness (QED) is 0.659. The van der Waals surface area contributed by atoms with Crippen LogP contribution in [0.5, 0.6) is 0 Å². The van der Waals surface area contributed by atoms with Crippen molar-refractivity contribution in [3.05, 3.63) is 35.4 Å². The van der Waals surface area contributed by atoms with Gasteiger partial charge in [-0.1, -0.05) is 12.1 Å². The number of carbonyl (C=O) groups is 2. The molecular weight excluding hydrogens is 234 g/mol. The molecule has 0 saturated carbocycles. The Balaban J connectivity index is 2.90. The molecule has 0 saturated heterocycles. The Bertz CT molecular complexity index is 445. The molecule has 0 spiro atoms. The van der Waals surface area contributed by atoms with Crippen LogP contribution >= 0.6 is 0 Å². The van der Waals surface area contributed by atoms with Crippen LogP contribution in [0.2, 0.25) is 0 Å². The lowest BCUT2D eigenvalue weighted by atomic mass is 10.1. The van der Waals surface area contributed by atoms with E-state index in [0.29, 0.717) is 0 Å². The second-order valence-electron chi connectivity index (χ2n) is 2.82. The van der Waals surface area contributed by atoms with E-state index >= 15 is 0 Å². The number of nitrogens with one attached hydrogen (secondary N) is 1. The Morgan fingerprint density at radius 1 is 1.25 bits per heavy atom. The number of benzene rings is 1. The van der Waals surface area contributed by atoms with Gasteiger partial charge < -0.3 is 15.0 Å². The van der Waals surface area contributed by atoms with E-state index < -0.39 is 28.8 Å². The Labute approximate surface area is 93.6 Å². The average Bonchev–Trinajstić information content (AvgIpc) is 2.25. The molecule has 0 fully saturated rings. The van der Waals surface area contributed by atoms with Gasteiger partial charge in [0.15, 0.2) is 11.1 Å². The summed E-state index contributed by atoms with van der Waals surface area (Å²) in [7, 11) is 0. The van der Waals surface area contributed by atoms with E-state index in [-0.39, 0.29) is 11.1 Å². The van der Waals surface area contributed by atoms with Gasteiger partial charge in [0.2, 0.25) is 0 Å². The molecule has 0 radical (unpaired) electrons. The molecule has 0 aromatic heterocycles. The number of aromatic carboxylic acids is 1. The molecule has 1 rings (SSSR count). The van der Waals surface area contributed by atoms with Crippen LogP contribution in [0, 0.1) is 0 Å². The number of rotatable bonds is 4. The Kier molecular flexibility index (Phi) is 4.15. The highest BCUT2D eigenvalue weighted by molar-refractivity contribution is 7.79. The first kappa shape index (κ1) is 12.3. The van der Waals surface area contributed by atoms with E-state index in [1.165, 1.54) is 24.3 Å². The maximum atomic E-state index is 11.5. The molecule has 0 aliphatic heterocycles. The normalized spacial score (nSPS) is 11.8. The van der Waals surface area contributed by atoms with Crippen molar-refractivity contribution < 1.29 is 23.5 Å². The third-order valence-electron chi connectivity index (χ3n) is 1.76. The molecule has 1 aromatic carbocycles. The van der Waals surface area contributed by atoms with E-state index in [1.807, 2.05) is 0 Å².